The van der Waals surface area contributed by atoms with Gasteiger partial charge in [0.05, 0.1) is 24.9 Å². The summed E-state index contributed by atoms with van der Waals surface area (Å²) in [5, 5.41) is 6.01. The van der Waals surface area contributed by atoms with Crippen LogP contribution in [-0.4, -0.2) is 24.3 Å². The van der Waals surface area contributed by atoms with Gasteiger partial charge in [-0.05, 0) is 50.1 Å². The van der Waals surface area contributed by atoms with Gasteiger partial charge in [-0.1, -0.05) is 6.07 Å². The molecule has 2 heterocycles. The normalized spacial score (nSPS) is 15.6. The van der Waals surface area contributed by atoms with Crippen LogP contribution in [0.1, 0.15) is 36.1 Å². The summed E-state index contributed by atoms with van der Waals surface area (Å²) in [5.74, 6) is 1.80. The molecule has 1 aliphatic rings. The van der Waals surface area contributed by atoms with Crippen molar-refractivity contribution in [1.82, 2.24) is 4.98 Å². The molecular weight excluding hydrogens is 332 g/mol. The smallest absolute Gasteiger partial charge is 0.411 e. The molecule has 0 fully saturated rings. The van der Waals surface area contributed by atoms with Gasteiger partial charge in [0, 0.05) is 12.0 Å². The average molecular weight is 356 g/mol. The molecule has 0 bridgehead atoms. The Bertz CT molecular complexity index is 823. The van der Waals surface area contributed by atoms with Crippen LogP contribution in [0, 0.1) is 13.8 Å². The quantitative estimate of drug-likeness (QED) is 0.771. The summed E-state index contributed by atoms with van der Waals surface area (Å²) in [5.41, 5.74) is 9.91. The van der Waals surface area contributed by atoms with Crippen LogP contribution in [0.2, 0.25) is 0 Å². The van der Waals surface area contributed by atoms with Gasteiger partial charge in [0.2, 0.25) is 0 Å². The lowest BCUT2D eigenvalue weighted by Gasteiger charge is -2.29. The number of aromatic nitrogens is 1. The molecular formula is C19H24N4O3. The van der Waals surface area contributed by atoms with E-state index < -0.39 is 6.09 Å². The molecule has 1 amide bonds. The highest BCUT2D eigenvalue weighted by molar-refractivity contribution is 5.88. The summed E-state index contributed by atoms with van der Waals surface area (Å²) in [6, 6.07) is 7.80. The van der Waals surface area contributed by atoms with E-state index in [1.807, 2.05) is 0 Å². The summed E-state index contributed by atoms with van der Waals surface area (Å²) >= 11 is 0. The fourth-order valence-corrected chi connectivity index (χ4v) is 3.20. The third kappa shape index (κ3) is 3.82. The molecule has 4 N–H and O–H groups in total. The van der Waals surface area contributed by atoms with Gasteiger partial charge in [-0.15, -0.1) is 0 Å². The number of anilines is 3. The maximum atomic E-state index is 11.5. The standard InChI is InChI=1S/C19H24N4O3/c1-4-25-19(24)22-14-5-6-16(23-18(14)20)21-13-7-8-26-15-10-11(2)9-12(3)17(13)15/h5-6,9-10,13H,4,7-8H2,1-3H3,(H,22,24)(H3,20,21,23). The van der Waals surface area contributed by atoms with E-state index in [9.17, 15) is 4.79 Å². The largest absolute Gasteiger partial charge is 0.493 e. The number of carbonyl (C=O) groups is 1. The zero-order chi connectivity index (χ0) is 18.7. The highest BCUT2D eigenvalue weighted by Gasteiger charge is 2.24. The molecule has 1 atom stereocenters. The molecule has 7 nitrogen and oxygen atoms in total. The second-order valence-electron chi connectivity index (χ2n) is 6.30. The Kier molecular flexibility index (Phi) is 5.16. The van der Waals surface area contributed by atoms with E-state index in [1.54, 1.807) is 19.1 Å². The van der Waals surface area contributed by atoms with Crippen molar-refractivity contribution in [3.05, 3.63) is 41.0 Å². The highest BCUT2D eigenvalue weighted by atomic mass is 16.5. The molecule has 7 heteroatoms. The molecule has 0 saturated carbocycles. The predicted molar refractivity (Wildman–Crippen MR) is 102 cm³/mol. The van der Waals surface area contributed by atoms with Gasteiger partial charge < -0.3 is 20.5 Å². The van der Waals surface area contributed by atoms with Crippen LogP contribution < -0.4 is 21.1 Å². The molecule has 1 aliphatic heterocycles. The minimum absolute atomic E-state index is 0.0927. The third-order valence-electron chi connectivity index (χ3n) is 4.26. The fraction of sp³-hybridized carbons (Fsp3) is 0.368. The molecule has 26 heavy (non-hydrogen) atoms. The fourth-order valence-electron chi connectivity index (χ4n) is 3.20. The lowest BCUT2D eigenvalue weighted by molar-refractivity contribution is 0.168. The van der Waals surface area contributed by atoms with Crippen molar-refractivity contribution in [2.45, 2.75) is 33.2 Å². The number of pyridine rings is 1. The zero-order valence-electron chi connectivity index (χ0n) is 15.3. The van der Waals surface area contributed by atoms with Crippen molar-refractivity contribution in [1.29, 1.82) is 0 Å². The van der Waals surface area contributed by atoms with Crippen molar-refractivity contribution in [2.24, 2.45) is 0 Å². The number of ether oxygens (including phenoxy) is 2. The lowest BCUT2D eigenvalue weighted by Crippen LogP contribution is -2.22. The Morgan fingerprint density at radius 1 is 1.38 bits per heavy atom. The number of nitrogens with zero attached hydrogens (tertiary/aromatic N) is 1. The SMILES string of the molecule is CCOC(=O)Nc1ccc(NC2CCOc3cc(C)cc(C)c32)nc1N. The van der Waals surface area contributed by atoms with Gasteiger partial charge in [0.25, 0.3) is 0 Å². The molecule has 0 saturated heterocycles. The molecule has 0 radical (unpaired) electrons. The number of nitrogens with two attached hydrogens (primary N) is 1. The second-order valence-corrected chi connectivity index (χ2v) is 6.30. The average Bonchev–Trinajstić information content (AvgIpc) is 2.57. The molecule has 1 unspecified atom stereocenters. The summed E-state index contributed by atoms with van der Waals surface area (Å²) in [6.07, 6.45) is 0.285. The Morgan fingerprint density at radius 3 is 2.92 bits per heavy atom. The van der Waals surface area contributed by atoms with E-state index >= 15 is 0 Å². The molecule has 0 spiro atoms. The molecule has 2 aromatic rings. The van der Waals surface area contributed by atoms with Crippen LogP contribution in [-0.2, 0) is 4.74 Å². The van der Waals surface area contributed by atoms with E-state index in [2.05, 4.69) is 41.6 Å². The van der Waals surface area contributed by atoms with Crippen molar-refractivity contribution in [3.8, 4) is 5.75 Å². The Morgan fingerprint density at radius 2 is 2.19 bits per heavy atom. The van der Waals surface area contributed by atoms with Crippen LogP contribution >= 0.6 is 0 Å². The van der Waals surface area contributed by atoms with Gasteiger partial charge in [0.1, 0.15) is 17.4 Å². The molecule has 3 rings (SSSR count). The van der Waals surface area contributed by atoms with Crippen LogP contribution in [0.25, 0.3) is 0 Å². The number of aryl methyl sites for hydroxylation is 2. The minimum Gasteiger partial charge on any atom is -0.493 e. The molecule has 138 valence electrons. The van der Waals surface area contributed by atoms with Crippen LogP contribution in [0.15, 0.2) is 24.3 Å². The van der Waals surface area contributed by atoms with Gasteiger partial charge >= 0.3 is 6.09 Å². The van der Waals surface area contributed by atoms with Crippen molar-refractivity contribution in [2.75, 3.05) is 29.6 Å². The number of benzene rings is 1. The number of fused-ring (bicyclic) bond motifs is 1. The van der Waals surface area contributed by atoms with Crippen LogP contribution in [0.3, 0.4) is 0 Å². The van der Waals surface area contributed by atoms with Gasteiger partial charge in [-0.3, -0.25) is 5.32 Å². The molecule has 1 aromatic carbocycles. The van der Waals surface area contributed by atoms with E-state index in [-0.39, 0.29) is 11.9 Å². The topological polar surface area (TPSA) is 98.5 Å². The number of hydrogen-bond donors (Lipinski definition) is 3. The van der Waals surface area contributed by atoms with Gasteiger partial charge in [-0.2, -0.15) is 0 Å². The summed E-state index contributed by atoms with van der Waals surface area (Å²) in [7, 11) is 0. The van der Waals surface area contributed by atoms with Crippen molar-refractivity contribution >= 4 is 23.4 Å². The Labute approximate surface area is 152 Å². The summed E-state index contributed by atoms with van der Waals surface area (Å²) < 4.78 is 10.7. The second kappa shape index (κ2) is 7.51. The number of hydrogen-bond acceptors (Lipinski definition) is 6. The maximum Gasteiger partial charge on any atom is 0.411 e. The first-order valence-corrected chi connectivity index (χ1v) is 8.68. The number of nitrogen functional groups attached to an aromatic ring is 1. The lowest BCUT2D eigenvalue weighted by atomic mass is 9.94. The number of carbonyl (C=O) groups excluding carboxylic acids is 1. The number of rotatable bonds is 4. The highest BCUT2D eigenvalue weighted by Crippen LogP contribution is 2.37. The Balaban J connectivity index is 1.79. The van der Waals surface area contributed by atoms with Crippen LogP contribution in [0.5, 0.6) is 5.75 Å². The van der Waals surface area contributed by atoms with E-state index in [0.29, 0.717) is 24.7 Å². The van der Waals surface area contributed by atoms with Crippen molar-refractivity contribution < 1.29 is 14.3 Å². The van der Waals surface area contributed by atoms with Gasteiger partial charge in [-0.25, -0.2) is 9.78 Å². The Hall–Kier alpha value is -2.96. The zero-order valence-corrected chi connectivity index (χ0v) is 15.3. The minimum atomic E-state index is -0.550. The maximum absolute atomic E-state index is 11.5. The van der Waals surface area contributed by atoms with Crippen molar-refractivity contribution in [3.63, 3.8) is 0 Å². The summed E-state index contributed by atoms with van der Waals surface area (Å²) in [4.78, 5) is 15.9. The van der Waals surface area contributed by atoms with E-state index in [1.165, 1.54) is 11.1 Å². The third-order valence-corrected chi connectivity index (χ3v) is 4.26. The first kappa shape index (κ1) is 17.8. The van der Waals surface area contributed by atoms with E-state index in [0.717, 1.165) is 17.7 Å². The monoisotopic (exact) mass is 356 g/mol. The number of amides is 1. The first-order chi connectivity index (χ1) is 12.5. The van der Waals surface area contributed by atoms with Gasteiger partial charge in [0.15, 0.2) is 0 Å². The predicted octanol–water partition coefficient (Wildman–Crippen LogP) is 3.78. The van der Waals surface area contributed by atoms with E-state index in [4.69, 9.17) is 15.2 Å². The summed E-state index contributed by atoms with van der Waals surface area (Å²) in [6.45, 7) is 6.82. The molecule has 1 aromatic heterocycles. The van der Waals surface area contributed by atoms with Crippen LogP contribution in [0.4, 0.5) is 22.1 Å². The number of nitrogens with one attached hydrogen (secondary N) is 2. The first-order valence-electron chi connectivity index (χ1n) is 8.68. The molecule has 0 aliphatic carbocycles.